The summed E-state index contributed by atoms with van der Waals surface area (Å²) in [7, 11) is 0. The molecule has 0 aliphatic heterocycles. The molecule has 0 aliphatic rings. The summed E-state index contributed by atoms with van der Waals surface area (Å²) in [5.74, 6) is 2.62. The molecule has 0 atom stereocenters. The number of hydrogen-bond donors (Lipinski definition) is 0. The second-order valence-corrected chi connectivity index (χ2v) is 2.69. The van der Waals surface area contributed by atoms with Gasteiger partial charge in [0.05, 0.1) is 0 Å². The Bertz CT molecular complexity index is 263. The first-order valence-electron chi connectivity index (χ1n) is 3.01. The summed E-state index contributed by atoms with van der Waals surface area (Å²) in [4.78, 5) is 0. The van der Waals surface area contributed by atoms with Gasteiger partial charge in [-0.2, -0.15) is 11.3 Å². The largest absolute Gasteiger partial charge is 0.151 e. The Morgan fingerprint density at radius 1 is 1.70 bits per heavy atom. The standard InChI is InChI=1S/C9H8S/c1-3-5-9-7-10-6-8(9)4-2/h2-3,6-7H,1,5H2. The summed E-state index contributed by atoms with van der Waals surface area (Å²) in [5, 5.41) is 4.05. The van der Waals surface area contributed by atoms with Crippen molar-refractivity contribution in [1.82, 2.24) is 0 Å². The highest BCUT2D eigenvalue weighted by molar-refractivity contribution is 7.08. The molecule has 50 valence electrons. The lowest BCUT2D eigenvalue weighted by Gasteiger charge is -1.89. The van der Waals surface area contributed by atoms with Crippen LogP contribution in [0.1, 0.15) is 11.1 Å². The fourth-order valence-electron chi connectivity index (χ4n) is 0.764. The molecule has 0 bridgehead atoms. The lowest BCUT2D eigenvalue weighted by atomic mass is 10.1. The second-order valence-electron chi connectivity index (χ2n) is 1.95. The summed E-state index contributed by atoms with van der Waals surface area (Å²) in [5.41, 5.74) is 2.22. The Hall–Kier alpha value is -1.00. The van der Waals surface area contributed by atoms with Crippen LogP contribution in [-0.4, -0.2) is 0 Å². The van der Waals surface area contributed by atoms with Gasteiger partial charge in [0.15, 0.2) is 0 Å². The van der Waals surface area contributed by atoms with Crippen molar-refractivity contribution in [2.45, 2.75) is 6.42 Å². The van der Waals surface area contributed by atoms with E-state index in [-0.39, 0.29) is 0 Å². The number of allylic oxidation sites excluding steroid dienone is 1. The van der Waals surface area contributed by atoms with Crippen molar-refractivity contribution in [2.24, 2.45) is 0 Å². The van der Waals surface area contributed by atoms with E-state index in [0.29, 0.717) is 0 Å². The zero-order valence-electron chi connectivity index (χ0n) is 5.63. The monoisotopic (exact) mass is 148 g/mol. The van der Waals surface area contributed by atoms with Crippen molar-refractivity contribution in [3.8, 4) is 12.3 Å². The summed E-state index contributed by atoms with van der Waals surface area (Å²) in [6.07, 6.45) is 7.99. The summed E-state index contributed by atoms with van der Waals surface area (Å²) >= 11 is 1.64. The van der Waals surface area contributed by atoms with Gasteiger partial charge in [0, 0.05) is 10.9 Å². The smallest absolute Gasteiger partial charge is 0.0384 e. The van der Waals surface area contributed by atoms with Gasteiger partial charge in [-0.1, -0.05) is 12.0 Å². The molecule has 0 nitrogen and oxygen atoms in total. The van der Waals surface area contributed by atoms with Crippen molar-refractivity contribution >= 4 is 11.3 Å². The van der Waals surface area contributed by atoms with Gasteiger partial charge in [0.2, 0.25) is 0 Å². The van der Waals surface area contributed by atoms with E-state index in [4.69, 9.17) is 6.42 Å². The van der Waals surface area contributed by atoms with E-state index in [2.05, 4.69) is 17.9 Å². The third-order valence-electron chi connectivity index (χ3n) is 1.26. The lowest BCUT2D eigenvalue weighted by molar-refractivity contribution is 1.29. The second kappa shape index (κ2) is 3.24. The van der Waals surface area contributed by atoms with Crippen LogP contribution in [0.4, 0.5) is 0 Å². The molecule has 0 aliphatic carbocycles. The molecular weight excluding hydrogens is 140 g/mol. The van der Waals surface area contributed by atoms with Gasteiger partial charge in [-0.15, -0.1) is 13.0 Å². The van der Waals surface area contributed by atoms with Crippen molar-refractivity contribution in [2.75, 3.05) is 0 Å². The minimum Gasteiger partial charge on any atom is -0.151 e. The molecule has 1 rings (SSSR count). The average molecular weight is 148 g/mol. The highest BCUT2D eigenvalue weighted by Crippen LogP contribution is 2.14. The van der Waals surface area contributed by atoms with E-state index in [0.717, 1.165) is 12.0 Å². The minimum absolute atomic E-state index is 0.878. The first-order chi connectivity index (χ1) is 4.88. The van der Waals surface area contributed by atoms with Crippen LogP contribution in [0.3, 0.4) is 0 Å². The molecular formula is C9H8S. The first-order valence-corrected chi connectivity index (χ1v) is 3.95. The molecule has 0 radical (unpaired) electrons. The van der Waals surface area contributed by atoms with Crippen molar-refractivity contribution in [1.29, 1.82) is 0 Å². The Labute approximate surface area is 65.2 Å². The number of rotatable bonds is 2. The Morgan fingerprint density at radius 3 is 3.10 bits per heavy atom. The van der Waals surface area contributed by atoms with Gasteiger partial charge in [-0.05, 0) is 17.4 Å². The van der Waals surface area contributed by atoms with Gasteiger partial charge in [0.1, 0.15) is 0 Å². The molecule has 0 fully saturated rings. The molecule has 0 amide bonds. The molecule has 1 aromatic heterocycles. The van der Waals surface area contributed by atoms with E-state index < -0.39 is 0 Å². The fraction of sp³-hybridized carbons (Fsp3) is 0.111. The predicted octanol–water partition coefficient (Wildman–Crippen LogP) is 2.46. The molecule has 1 heterocycles. The summed E-state index contributed by atoms with van der Waals surface area (Å²) in [6, 6.07) is 0. The van der Waals surface area contributed by atoms with E-state index in [1.54, 1.807) is 11.3 Å². The van der Waals surface area contributed by atoms with Crippen LogP contribution in [0.15, 0.2) is 23.4 Å². The Balaban J connectivity index is 2.92. The third kappa shape index (κ3) is 1.29. The van der Waals surface area contributed by atoms with Gasteiger partial charge in [-0.3, -0.25) is 0 Å². The van der Waals surface area contributed by atoms with E-state index >= 15 is 0 Å². The minimum atomic E-state index is 0.878. The maximum atomic E-state index is 5.25. The maximum absolute atomic E-state index is 5.25. The zero-order valence-corrected chi connectivity index (χ0v) is 6.45. The van der Waals surface area contributed by atoms with Crippen molar-refractivity contribution in [3.63, 3.8) is 0 Å². The average Bonchev–Trinajstić information content (AvgIpc) is 2.36. The molecule has 1 aromatic rings. The topological polar surface area (TPSA) is 0 Å². The van der Waals surface area contributed by atoms with Crippen LogP contribution in [0.25, 0.3) is 0 Å². The van der Waals surface area contributed by atoms with Gasteiger partial charge in [-0.25, -0.2) is 0 Å². The van der Waals surface area contributed by atoms with Crippen molar-refractivity contribution in [3.05, 3.63) is 34.5 Å². The van der Waals surface area contributed by atoms with E-state index in [1.807, 2.05) is 11.5 Å². The molecule has 0 N–H and O–H groups in total. The van der Waals surface area contributed by atoms with Gasteiger partial charge < -0.3 is 0 Å². The molecule has 0 aromatic carbocycles. The van der Waals surface area contributed by atoms with Crippen LogP contribution in [-0.2, 0) is 6.42 Å². The van der Waals surface area contributed by atoms with Crippen LogP contribution < -0.4 is 0 Å². The highest BCUT2D eigenvalue weighted by Gasteiger charge is 1.96. The first kappa shape index (κ1) is 7.11. The van der Waals surface area contributed by atoms with E-state index in [9.17, 15) is 0 Å². The Kier molecular flexibility index (Phi) is 2.30. The van der Waals surface area contributed by atoms with Crippen LogP contribution in [0.2, 0.25) is 0 Å². The van der Waals surface area contributed by atoms with Crippen LogP contribution in [0, 0.1) is 12.3 Å². The molecule has 0 saturated heterocycles. The van der Waals surface area contributed by atoms with E-state index in [1.165, 1.54) is 5.56 Å². The molecule has 0 spiro atoms. The SMILES string of the molecule is C#Cc1cscc1CC=C. The Morgan fingerprint density at radius 2 is 2.50 bits per heavy atom. The molecule has 0 saturated carbocycles. The number of terminal acetylenes is 1. The number of hydrogen-bond acceptors (Lipinski definition) is 1. The fourth-order valence-corrected chi connectivity index (χ4v) is 1.57. The molecule has 1 heteroatoms. The zero-order chi connectivity index (χ0) is 7.40. The predicted molar refractivity (Wildman–Crippen MR) is 46.2 cm³/mol. The maximum Gasteiger partial charge on any atom is 0.0384 e. The van der Waals surface area contributed by atoms with Crippen LogP contribution in [0.5, 0.6) is 0 Å². The summed E-state index contributed by atoms with van der Waals surface area (Å²) in [6.45, 7) is 3.65. The normalized spacial score (nSPS) is 8.70. The lowest BCUT2D eigenvalue weighted by Crippen LogP contribution is -1.78. The molecule has 0 unspecified atom stereocenters. The highest BCUT2D eigenvalue weighted by atomic mass is 32.1. The van der Waals surface area contributed by atoms with Crippen molar-refractivity contribution < 1.29 is 0 Å². The quantitative estimate of drug-likeness (QED) is 0.446. The van der Waals surface area contributed by atoms with Crippen LogP contribution >= 0.6 is 11.3 Å². The summed E-state index contributed by atoms with van der Waals surface area (Å²) < 4.78 is 0. The van der Waals surface area contributed by atoms with Gasteiger partial charge >= 0.3 is 0 Å². The number of thiophene rings is 1. The third-order valence-corrected chi connectivity index (χ3v) is 2.05. The van der Waals surface area contributed by atoms with Gasteiger partial charge in [0.25, 0.3) is 0 Å². The molecule has 10 heavy (non-hydrogen) atoms.